The molecule has 1 saturated heterocycles. The Balaban J connectivity index is 1.22. The molecule has 4 atom stereocenters. The lowest BCUT2D eigenvalue weighted by atomic mass is 9.91. The molecular formula is C39H38N2O6S. The summed E-state index contributed by atoms with van der Waals surface area (Å²) < 4.78 is 24.7. The van der Waals surface area contributed by atoms with Crippen molar-refractivity contribution in [3.8, 4) is 22.6 Å². The third-order valence-corrected chi connectivity index (χ3v) is 9.12. The van der Waals surface area contributed by atoms with Crippen molar-refractivity contribution >= 4 is 17.9 Å². The number of nitrogens with zero attached hydrogens (tertiary/aromatic N) is 1. The number of nitrogens with one attached hydrogen (secondary N) is 1. The maximum atomic E-state index is 11.8. The van der Waals surface area contributed by atoms with Gasteiger partial charge >= 0.3 is 6.09 Å². The maximum absolute atomic E-state index is 11.8. The van der Waals surface area contributed by atoms with Crippen LogP contribution in [0.1, 0.15) is 41.6 Å². The van der Waals surface area contributed by atoms with Crippen molar-refractivity contribution in [1.29, 1.82) is 0 Å². The average Bonchev–Trinajstić information content (AvgIpc) is 3.58. The first-order chi connectivity index (χ1) is 23.5. The van der Waals surface area contributed by atoms with Crippen molar-refractivity contribution in [2.24, 2.45) is 5.92 Å². The number of aliphatic hydroxyl groups excluding tert-OH is 1. The summed E-state index contributed by atoms with van der Waals surface area (Å²) in [5.41, 5.74) is 6.37. The second kappa shape index (κ2) is 16.0. The summed E-state index contributed by atoms with van der Waals surface area (Å²) >= 11 is 1.52. The SMILES string of the molecule is C=CCOC(=O)NCc1ccc(C2OC(CSc3nc(-c4ccccc4)c(-c4ccccc4)o3)C(C)C(c3ccc(CO)cc3)O2)cc1. The Morgan fingerprint density at radius 3 is 2.21 bits per heavy atom. The summed E-state index contributed by atoms with van der Waals surface area (Å²) in [5, 5.41) is 12.9. The highest BCUT2D eigenvalue weighted by Gasteiger charge is 2.38. The largest absolute Gasteiger partial charge is 0.445 e. The number of aromatic nitrogens is 1. The quantitative estimate of drug-likeness (QED) is 0.101. The molecule has 8 nitrogen and oxygen atoms in total. The topological polar surface area (TPSA) is 103 Å². The van der Waals surface area contributed by atoms with E-state index in [4.69, 9.17) is 23.6 Å². The van der Waals surface area contributed by atoms with Crippen LogP contribution in [0.25, 0.3) is 22.6 Å². The number of ether oxygens (including phenoxy) is 3. The number of benzene rings is 4. The number of aliphatic hydroxyl groups is 1. The number of alkyl carbamates (subject to hydrolysis) is 1. The molecule has 4 aromatic carbocycles. The molecule has 0 aliphatic carbocycles. The zero-order chi connectivity index (χ0) is 33.3. The van der Waals surface area contributed by atoms with Gasteiger partial charge in [0.15, 0.2) is 12.1 Å². The fourth-order valence-corrected chi connectivity index (χ4v) is 6.54. The van der Waals surface area contributed by atoms with Gasteiger partial charge in [-0.15, -0.1) is 0 Å². The molecule has 2 N–H and O–H groups in total. The van der Waals surface area contributed by atoms with Crippen LogP contribution in [0.3, 0.4) is 0 Å². The molecule has 0 radical (unpaired) electrons. The van der Waals surface area contributed by atoms with Crippen molar-refractivity contribution in [3.63, 3.8) is 0 Å². The van der Waals surface area contributed by atoms with Gasteiger partial charge in [-0.3, -0.25) is 0 Å². The van der Waals surface area contributed by atoms with Crippen LogP contribution in [0.4, 0.5) is 4.79 Å². The number of oxazole rings is 1. The number of hydrogen-bond acceptors (Lipinski definition) is 8. The lowest BCUT2D eigenvalue weighted by molar-refractivity contribution is -0.268. The first kappa shape index (κ1) is 33.2. The van der Waals surface area contributed by atoms with E-state index in [1.54, 1.807) is 0 Å². The minimum absolute atomic E-state index is 0.00377. The van der Waals surface area contributed by atoms with Crippen molar-refractivity contribution in [2.75, 3.05) is 12.4 Å². The first-order valence-corrected chi connectivity index (χ1v) is 16.9. The van der Waals surface area contributed by atoms with E-state index in [2.05, 4.69) is 18.8 Å². The fourth-order valence-electron chi connectivity index (χ4n) is 5.55. The molecule has 1 aliphatic heterocycles. The number of carbonyl (C=O) groups excluding carboxylic acids is 1. The van der Waals surface area contributed by atoms with E-state index in [0.29, 0.717) is 17.5 Å². The van der Waals surface area contributed by atoms with E-state index in [0.717, 1.165) is 44.8 Å². The average molecular weight is 663 g/mol. The summed E-state index contributed by atoms with van der Waals surface area (Å²) in [6.45, 7) is 6.14. The summed E-state index contributed by atoms with van der Waals surface area (Å²) in [5.74, 6) is 1.31. The van der Waals surface area contributed by atoms with E-state index in [1.807, 2.05) is 109 Å². The number of thioether (sulfide) groups is 1. The van der Waals surface area contributed by atoms with Crippen LogP contribution in [0, 0.1) is 5.92 Å². The van der Waals surface area contributed by atoms with Crippen molar-refractivity contribution < 1.29 is 28.5 Å². The number of carbonyl (C=O) groups is 1. The molecule has 5 aromatic rings. The summed E-state index contributed by atoms with van der Waals surface area (Å²) in [6, 6.07) is 35.7. The van der Waals surface area contributed by atoms with E-state index in [-0.39, 0.29) is 31.3 Å². The fraction of sp³-hybridized carbons (Fsp3) is 0.231. The highest BCUT2D eigenvalue weighted by molar-refractivity contribution is 7.99. The molecule has 4 unspecified atom stereocenters. The Bertz CT molecular complexity index is 1720. The number of rotatable bonds is 12. The first-order valence-electron chi connectivity index (χ1n) is 15.9. The van der Waals surface area contributed by atoms with Crippen LogP contribution in [0.2, 0.25) is 0 Å². The zero-order valence-corrected chi connectivity index (χ0v) is 27.5. The minimum Gasteiger partial charge on any atom is -0.445 e. The van der Waals surface area contributed by atoms with Crippen molar-refractivity contribution in [3.05, 3.63) is 144 Å². The highest BCUT2D eigenvalue weighted by atomic mass is 32.2. The van der Waals surface area contributed by atoms with Crippen molar-refractivity contribution in [1.82, 2.24) is 10.3 Å². The molecular weight excluding hydrogens is 625 g/mol. The van der Waals surface area contributed by atoms with Gasteiger partial charge in [0.05, 0.1) is 18.8 Å². The summed E-state index contributed by atoms with van der Waals surface area (Å²) in [6.07, 6.45) is -0.0654. The predicted octanol–water partition coefficient (Wildman–Crippen LogP) is 8.50. The van der Waals surface area contributed by atoms with Gasteiger partial charge in [0, 0.05) is 34.9 Å². The van der Waals surface area contributed by atoms with Crippen LogP contribution < -0.4 is 5.32 Å². The van der Waals surface area contributed by atoms with Gasteiger partial charge in [-0.1, -0.05) is 141 Å². The van der Waals surface area contributed by atoms with Gasteiger partial charge in [-0.25, -0.2) is 9.78 Å². The van der Waals surface area contributed by atoms with Gasteiger partial charge < -0.3 is 29.1 Å². The molecule has 1 fully saturated rings. The molecule has 246 valence electrons. The van der Waals surface area contributed by atoms with Crippen molar-refractivity contribution in [2.45, 2.75) is 43.8 Å². The molecule has 2 heterocycles. The summed E-state index contributed by atoms with van der Waals surface area (Å²) in [7, 11) is 0. The van der Waals surface area contributed by atoms with E-state index >= 15 is 0 Å². The smallest absolute Gasteiger partial charge is 0.407 e. The standard InChI is InChI=1S/C39H38N2O6S/c1-3-22-44-38(43)40-23-27-14-20-32(21-15-27)37-45-33(26(2)35(46-37)31-18-16-28(24-42)17-19-31)25-48-39-41-34(29-10-6-4-7-11-29)36(47-39)30-12-8-5-9-13-30/h3-21,26,33,35,37,42H,1,22-25H2,2H3,(H,40,43). The van der Waals surface area contributed by atoms with E-state index < -0.39 is 12.4 Å². The molecule has 0 bridgehead atoms. The van der Waals surface area contributed by atoms with Crippen LogP contribution in [0.5, 0.6) is 0 Å². The summed E-state index contributed by atoms with van der Waals surface area (Å²) in [4.78, 5) is 16.8. The van der Waals surface area contributed by atoms with Gasteiger partial charge in [-0.2, -0.15) is 0 Å². The van der Waals surface area contributed by atoms with Gasteiger partial charge in [0.2, 0.25) is 0 Å². The van der Waals surface area contributed by atoms with Crippen LogP contribution >= 0.6 is 11.8 Å². The normalized spacial score (nSPS) is 19.0. The molecule has 48 heavy (non-hydrogen) atoms. The Labute approximate surface area is 284 Å². The molecule has 1 aliphatic rings. The minimum atomic E-state index is -0.627. The second-order valence-electron chi connectivity index (χ2n) is 11.5. The Hall–Kier alpha value is -4.67. The monoisotopic (exact) mass is 662 g/mol. The van der Waals surface area contributed by atoms with E-state index in [1.165, 1.54) is 17.8 Å². The van der Waals surface area contributed by atoms with Gasteiger partial charge in [0.25, 0.3) is 5.22 Å². The maximum Gasteiger partial charge on any atom is 0.407 e. The molecule has 9 heteroatoms. The van der Waals surface area contributed by atoms with Crippen LogP contribution in [-0.4, -0.2) is 34.6 Å². The lowest BCUT2D eigenvalue weighted by Crippen LogP contribution is -2.38. The third kappa shape index (κ3) is 8.06. The molecule has 0 saturated carbocycles. The Kier molecular flexibility index (Phi) is 11.0. The Morgan fingerprint density at radius 1 is 0.896 bits per heavy atom. The van der Waals surface area contributed by atoms with Crippen LogP contribution in [-0.2, 0) is 27.4 Å². The zero-order valence-electron chi connectivity index (χ0n) is 26.7. The highest BCUT2D eigenvalue weighted by Crippen LogP contribution is 2.44. The number of amides is 1. The Morgan fingerprint density at radius 2 is 1.54 bits per heavy atom. The lowest BCUT2D eigenvalue weighted by Gasteiger charge is -2.41. The molecule has 1 amide bonds. The van der Waals surface area contributed by atoms with Crippen LogP contribution in [0.15, 0.2) is 131 Å². The molecule has 1 aromatic heterocycles. The number of hydrogen-bond donors (Lipinski definition) is 2. The third-order valence-electron chi connectivity index (χ3n) is 8.21. The van der Waals surface area contributed by atoms with E-state index in [9.17, 15) is 9.90 Å². The van der Waals surface area contributed by atoms with Gasteiger partial charge in [0.1, 0.15) is 12.3 Å². The molecule has 0 spiro atoms. The predicted molar refractivity (Wildman–Crippen MR) is 186 cm³/mol. The van der Waals surface area contributed by atoms with Gasteiger partial charge in [-0.05, 0) is 16.7 Å². The molecule has 6 rings (SSSR count). The second-order valence-corrected chi connectivity index (χ2v) is 12.5.